The van der Waals surface area contributed by atoms with E-state index in [1.54, 1.807) is 12.1 Å². The normalized spacial score (nSPS) is 22.8. The fraction of sp³-hybridized carbons (Fsp3) is 0.462. The minimum absolute atomic E-state index is 0.318. The van der Waals surface area contributed by atoms with Crippen LogP contribution in [0.5, 0.6) is 0 Å². The number of aromatic nitrogens is 2. The van der Waals surface area contributed by atoms with Crippen molar-refractivity contribution in [3.05, 3.63) is 23.0 Å². The van der Waals surface area contributed by atoms with Gasteiger partial charge >= 0.3 is 0 Å². The summed E-state index contributed by atoms with van der Waals surface area (Å²) < 4.78 is 26.2. The van der Waals surface area contributed by atoms with E-state index in [1.165, 1.54) is 12.7 Å². The number of fused-ring (bicyclic) bond motifs is 1. The average Bonchev–Trinajstić information content (AvgIpc) is 2.91. The van der Waals surface area contributed by atoms with Crippen LogP contribution in [0.2, 0.25) is 0 Å². The first-order valence-corrected chi connectivity index (χ1v) is 8.59. The maximum atomic E-state index is 11.8. The molecule has 1 aliphatic rings. The van der Waals surface area contributed by atoms with Crippen LogP contribution in [-0.2, 0) is 16.4 Å². The second-order valence-corrected chi connectivity index (χ2v) is 7.81. The molecule has 1 saturated carbocycles. The van der Waals surface area contributed by atoms with Gasteiger partial charge in [0.2, 0.25) is 0 Å². The summed E-state index contributed by atoms with van der Waals surface area (Å²) in [5, 5.41) is 0. The zero-order chi connectivity index (χ0) is 13.8. The summed E-state index contributed by atoms with van der Waals surface area (Å²) in [6, 6.07) is 5.31. The molecule has 2 unspecified atom stereocenters. The quantitative estimate of drug-likeness (QED) is 0.886. The number of hydrogen-bond acceptors (Lipinski definition) is 3. The van der Waals surface area contributed by atoms with Gasteiger partial charge in [-0.1, -0.05) is 13.0 Å². The lowest BCUT2D eigenvalue weighted by Crippen LogP contribution is -2.01. The largest absolute Gasteiger partial charge is 0.329 e. The average molecular weight is 296 g/mol. The standard InChI is InChI=1S/C13H16N2O2S2/c1-8-6-9(8)7-15-10-4-3-5-11(19(2,16)17)12(10)14-13(15)18/h3-5,8-9H,6-7H2,1-2H3,(H,14,18). The van der Waals surface area contributed by atoms with Crippen LogP contribution >= 0.6 is 12.2 Å². The van der Waals surface area contributed by atoms with E-state index in [2.05, 4.69) is 11.9 Å². The van der Waals surface area contributed by atoms with Gasteiger partial charge < -0.3 is 9.55 Å². The first-order chi connectivity index (χ1) is 8.88. The lowest BCUT2D eigenvalue weighted by Gasteiger charge is -2.04. The van der Waals surface area contributed by atoms with E-state index < -0.39 is 9.84 Å². The molecule has 102 valence electrons. The Morgan fingerprint density at radius 2 is 2.16 bits per heavy atom. The third kappa shape index (κ3) is 2.23. The molecule has 0 bridgehead atoms. The predicted molar refractivity (Wildman–Crippen MR) is 77.5 cm³/mol. The molecule has 1 heterocycles. The van der Waals surface area contributed by atoms with Gasteiger partial charge in [0.25, 0.3) is 0 Å². The Balaban J connectivity index is 2.20. The number of rotatable bonds is 3. The lowest BCUT2D eigenvalue weighted by molar-refractivity contribution is 0.600. The second-order valence-electron chi connectivity index (χ2n) is 5.44. The maximum Gasteiger partial charge on any atom is 0.178 e. The number of nitrogens with zero attached hydrogens (tertiary/aromatic N) is 1. The van der Waals surface area contributed by atoms with E-state index in [-0.39, 0.29) is 0 Å². The smallest absolute Gasteiger partial charge is 0.178 e. The number of H-pyrrole nitrogens is 1. The first-order valence-electron chi connectivity index (χ1n) is 6.29. The molecule has 0 aliphatic heterocycles. The zero-order valence-corrected chi connectivity index (χ0v) is 12.5. The van der Waals surface area contributed by atoms with Gasteiger partial charge in [0, 0.05) is 12.8 Å². The number of hydrogen-bond donors (Lipinski definition) is 1. The van der Waals surface area contributed by atoms with Crippen LogP contribution in [0.3, 0.4) is 0 Å². The fourth-order valence-corrected chi connectivity index (χ4v) is 3.66. The molecule has 1 fully saturated rings. The molecular formula is C13H16N2O2S2. The molecule has 2 atom stereocenters. The van der Waals surface area contributed by atoms with Crippen molar-refractivity contribution in [3.8, 4) is 0 Å². The van der Waals surface area contributed by atoms with Gasteiger partial charge in [-0.3, -0.25) is 0 Å². The lowest BCUT2D eigenvalue weighted by atomic mass is 10.3. The highest BCUT2D eigenvalue weighted by Gasteiger charge is 2.33. The van der Waals surface area contributed by atoms with E-state index in [0.29, 0.717) is 21.1 Å². The fourth-order valence-electron chi connectivity index (χ4n) is 2.53. The minimum Gasteiger partial charge on any atom is -0.329 e. The van der Waals surface area contributed by atoms with Crippen molar-refractivity contribution in [1.82, 2.24) is 9.55 Å². The van der Waals surface area contributed by atoms with Crippen LogP contribution in [0, 0.1) is 16.6 Å². The van der Waals surface area contributed by atoms with Crippen LogP contribution in [0.25, 0.3) is 11.0 Å². The highest BCUT2D eigenvalue weighted by Crippen LogP contribution is 2.39. The van der Waals surface area contributed by atoms with Gasteiger partial charge in [0.05, 0.1) is 15.9 Å². The van der Waals surface area contributed by atoms with Crippen LogP contribution < -0.4 is 0 Å². The van der Waals surface area contributed by atoms with Crippen LogP contribution in [0.4, 0.5) is 0 Å². The summed E-state index contributed by atoms with van der Waals surface area (Å²) >= 11 is 5.33. The third-order valence-corrected chi connectivity index (χ3v) is 5.33. The Morgan fingerprint density at radius 1 is 1.47 bits per heavy atom. The SMILES string of the molecule is CC1CC1Cn1c(=S)[nH]c2c(S(C)(=O)=O)cccc21. The zero-order valence-electron chi connectivity index (χ0n) is 10.9. The summed E-state index contributed by atoms with van der Waals surface area (Å²) in [7, 11) is -3.25. The molecule has 1 N–H and O–H groups in total. The summed E-state index contributed by atoms with van der Waals surface area (Å²) in [4.78, 5) is 3.37. The predicted octanol–water partition coefficient (Wildman–Crippen LogP) is 2.76. The van der Waals surface area contributed by atoms with Crippen LogP contribution in [0.1, 0.15) is 13.3 Å². The van der Waals surface area contributed by atoms with Gasteiger partial charge in [-0.2, -0.15) is 0 Å². The van der Waals surface area contributed by atoms with E-state index >= 15 is 0 Å². The molecule has 4 nitrogen and oxygen atoms in total. The Kier molecular flexibility index (Phi) is 2.83. The number of aromatic amines is 1. The first kappa shape index (κ1) is 12.9. The van der Waals surface area contributed by atoms with Gasteiger partial charge in [0.1, 0.15) is 0 Å². The minimum atomic E-state index is -3.25. The van der Waals surface area contributed by atoms with E-state index in [1.807, 2.05) is 10.6 Å². The third-order valence-electron chi connectivity index (χ3n) is 3.86. The molecule has 2 aromatic rings. The molecule has 6 heteroatoms. The second kappa shape index (κ2) is 4.18. The van der Waals surface area contributed by atoms with Crippen molar-refractivity contribution < 1.29 is 8.42 Å². The van der Waals surface area contributed by atoms with Crippen molar-refractivity contribution in [2.24, 2.45) is 11.8 Å². The van der Waals surface area contributed by atoms with E-state index in [0.717, 1.165) is 18.0 Å². The Morgan fingerprint density at radius 3 is 2.74 bits per heavy atom. The van der Waals surface area contributed by atoms with E-state index in [4.69, 9.17) is 12.2 Å². The Bertz CT molecular complexity index is 802. The maximum absolute atomic E-state index is 11.8. The van der Waals surface area contributed by atoms with Crippen molar-refractivity contribution in [1.29, 1.82) is 0 Å². The Labute approximate surface area is 117 Å². The monoisotopic (exact) mass is 296 g/mol. The Hall–Kier alpha value is -1.14. The number of para-hydroxylation sites is 1. The molecule has 1 aromatic carbocycles. The van der Waals surface area contributed by atoms with Gasteiger partial charge in [-0.25, -0.2) is 8.42 Å². The van der Waals surface area contributed by atoms with Gasteiger partial charge in [-0.05, 0) is 42.6 Å². The van der Waals surface area contributed by atoms with Crippen molar-refractivity contribution in [2.45, 2.75) is 24.8 Å². The highest BCUT2D eigenvalue weighted by atomic mass is 32.2. The summed E-state index contributed by atoms with van der Waals surface area (Å²) in [6.07, 6.45) is 2.44. The van der Waals surface area contributed by atoms with Crippen molar-refractivity contribution in [3.63, 3.8) is 0 Å². The number of sulfone groups is 1. The van der Waals surface area contributed by atoms with Crippen LogP contribution in [-0.4, -0.2) is 24.2 Å². The summed E-state index contributed by atoms with van der Waals surface area (Å²) in [5.74, 6) is 1.40. The molecule has 3 rings (SSSR count). The summed E-state index contributed by atoms with van der Waals surface area (Å²) in [5.41, 5.74) is 1.51. The van der Waals surface area contributed by atoms with Crippen molar-refractivity contribution in [2.75, 3.05) is 6.26 Å². The topological polar surface area (TPSA) is 54.9 Å². The number of nitrogens with one attached hydrogen (secondary N) is 1. The highest BCUT2D eigenvalue weighted by molar-refractivity contribution is 7.91. The molecule has 1 aromatic heterocycles. The molecule has 19 heavy (non-hydrogen) atoms. The number of imidazole rings is 1. The van der Waals surface area contributed by atoms with Gasteiger partial charge in [0.15, 0.2) is 14.6 Å². The molecule has 0 spiro atoms. The molecular weight excluding hydrogens is 280 g/mol. The van der Waals surface area contributed by atoms with Gasteiger partial charge in [-0.15, -0.1) is 0 Å². The molecule has 0 radical (unpaired) electrons. The molecule has 1 aliphatic carbocycles. The van der Waals surface area contributed by atoms with E-state index in [9.17, 15) is 8.42 Å². The number of benzene rings is 1. The summed E-state index contributed by atoms with van der Waals surface area (Å²) in [6.45, 7) is 3.10. The molecule has 0 amide bonds. The van der Waals surface area contributed by atoms with Crippen LogP contribution in [0.15, 0.2) is 23.1 Å². The van der Waals surface area contributed by atoms with Crippen molar-refractivity contribution >= 4 is 33.1 Å². The molecule has 0 saturated heterocycles.